The molecule has 2 aromatic rings. The summed E-state index contributed by atoms with van der Waals surface area (Å²) < 4.78 is 6.58. The predicted octanol–water partition coefficient (Wildman–Crippen LogP) is 2.78. The predicted molar refractivity (Wildman–Crippen MR) is 71.6 cm³/mol. The van der Waals surface area contributed by atoms with E-state index in [-0.39, 0.29) is 5.78 Å². The van der Waals surface area contributed by atoms with E-state index >= 15 is 0 Å². The molecule has 2 rings (SSSR count). The van der Waals surface area contributed by atoms with Crippen LogP contribution in [0.25, 0.3) is 0 Å². The van der Waals surface area contributed by atoms with E-state index in [1.54, 1.807) is 11.8 Å². The average molecular weight is 285 g/mol. The maximum absolute atomic E-state index is 12.4. The first-order valence-corrected chi connectivity index (χ1v) is 6.70. The summed E-state index contributed by atoms with van der Waals surface area (Å²) in [6.07, 6.45) is 1.49. The van der Waals surface area contributed by atoms with Gasteiger partial charge in [-0.25, -0.2) is 0 Å². The molecule has 0 atom stereocenters. The van der Waals surface area contributed by atoms with Crippen LogP contribution in [-0.2, 0) is 11.3 Å². The summed E-state index contributed by atoms with van der Waals surface area (Å²) in [5.41, 5.74) is 1.39. The van der Waals surface area contributed by atoms with E-state index < -0.39 is 0 Å². The third-order valence-electron chi connectivity index (χ3n) is 2.59. The molecule has 96 valence electrons. The Morgan fingerprint density at radius 1 is 1.61 bits per heavy atom. The number of carbonyl (C=O) groups is 1. The summed E-state index contributed by atoms with van der Waals surface area (Å²) in [5, 5.41) is 6.38. The van der Waals surface area contributed by atoms with Crippen LogP contribution >= 0.6 is 22.9 Å². The topological polar surface area (TPSA) is 44.1 Å². The lowest BCUT2D eigenvalue weighted by Gasteiger charge is -2.06. The Morgan fingerprint density at radius 3 is 3.00 bits per heavy atom. The van der Waals surface area contributed by atoms with Crippen molar-refractivity contribution in [3.05, 3.63) is 38.8 Å². The highest BCUT2D eigenvalue weighted by molar-refractivity contribution is 7.12. The molecule has 0 aliphatic rings. The summed E-state index contributed by atoms with van der Waals surface area (Å²) in [4.78, 5) is 13.1. The summed E-state index contributed by atoms with van der Waals surface area (Å²) >= 11 is 7.46. The Balaban J connectivity index is 2.35. The van der Waals surface area contributed by atoms with E-state index in [0.29, 0.717) is 28.7 Å². The monoisotopic (exact) mass is 284 g/mol. The molecule has 0 saturated carbocycles. The van der Waals surface area contributed by atoms with Gasteiger partial charge in [0.15, 0.2) is 0 Å². The zero-order chi connectivity index (χ0) is 13.1. The molecule has 4 nitrogen and oxygen atoms in total. The number of halogens is 1. The van der Waals surface area contributed by atoms with Gasteiger partial charge in [0, 0.05) is 7.11 Å². The maximum atomic E-state index is 12.4. The number of methoxy groups -OCH3 is 1. The molecular weight excluding hydrogens is 272 g/mol. The van der Waals surface area contributed by atoms with E-state index in [1.165, 1.54) is 17.5 Å². The van der Waals surface area contributed by atoms with E-state index in [9.17, 15) is 4.79 Å². The molecule has 0 bridgehead atoms. The molecule has 0 N–H and O–H groups in total. The second kappa shape index (κ2) is 5.65. The molecule has 18 heavy (non-hydrogen) atoms. The lowest BCUT2D eigenvalue weighted by atomic mass is 10.2. The van der Waals surface area contributed by atoms with Crippen LogP contribution in [0.15, 0.2) is 17.6 Å². The normalized spacial score (nSPS) is 10.8. The van der Waals surface area contributed by atoms with Crippen LogP contribution in [0, 0.1) is 6.92 Å². The minimum atomic E-state index is -0.0823. The van der Waals surface area contributed by atoms with E-state index in [2.05, 4.69) is 5.10 Å². The number of nitrogens with zero attached hydrogens (tertiary/aromatic N) is 2. The third-order valence-corrected chi connectivity index (χ3v) is 3.88. The molecule has 2 aromatic heterocycles. The zero-order valence-electron chi connectivity index (χ0n) is 10.1. The van der Waals surface area contributed by atoms with Crippen LogP contribution in [0.5, 0.6) is 0 Å². The first kappa shape index (κ1) is 13.3. The fraction of sp³-hybridized carbons (Fsp3) is 0.333. The summed E-state index contributed by atoms with van der Waals surface area (Å²) in [6, 6.07) is 1.92. The van der Waals surface area contributed by atoms with Gasteiger partial charge < -0.3 is 4.74 Å². The van der Waals surface area contributed by atoms with Gasteiger partial charge in [-0.1, -0.05) is 11.6 Å². The number of ketones is 1. The lowest BCUT2D eigenvalue weighted by Crippen LogP contribution is -2.14. The van der Waals surface area contributed by atoms with Crippen molar-refractivity contribution < 1.29 is 9.53 Å². The van der Waals surface area contributed by atoms with Crippen LogP contribution < -0.4 is 0 Å². The van der Waals surface area contributed by atoms with Crippen molar-refractivity contribution in [3.8, 4) is 0 Å². The van der Waals surface area contributed by atoms with Gasteiger partial charge in [-0.05, 0) is 23.9 Å². The molecule has 0 amide bonds. The Kier molecular flexibility index (Phi) is 4.16. The van der Waals surface area contributed by atoms with Gasteiger partial charge >= 0.3 is 0 Å². The maximum Gasteiger partial charge on any atom is 0.222 e. The highest BCUT2D eigenvalue weighted by Gasteiger charge is 2.21. The van der Waals surface area contributed by atoms with Gasteiger partial charge in [-0.3, -0.25) is 9.48 Å². The Hall–Kier alpha value is -1.17. The Morgan fingerprint density at radius 2 is 2.39 bits per heavy atom. The van der Waals surface area contributed by atoms with E-state index in [0.717, 1.165) is 5.56 Å². The quantitative estimate of drug-likeness (QED) is 0.793. The van der Waals surface area contributed by atoms with Crippen molar-refractivity contribution in [3.63, 3.8) is 0 Å². The molecule has 0 fully saturated rings. The summed E-state index contributed by atoms with van der Waals surface area (Å²) in [5.74, 6) is -0.0823. The van der Waals surface area contributed by atoms with Gasteiger partial charge in [0.25, 0.3) is 0 Å². The first-order valence-electron chi connectivity index (χ1n) is 5.44. The number of carbonyl (C=O) groups excluding carboxylic acids is 1. The molecular formula is C12H13ClN2O2S. The molecule has 2 heterocycles. The lowest BCUT2D eigenvalue weighted by molar-refractivity contribution is 0.102. The fourth-order valence-corrected chi connectivity index (χ4v) is 2.74. The van der Waals surface area contributed by atoms with Crippen molar-refractivity contribution >= 4 is 28.7 Å². The van der Waals surface area contributed by atoms with Crippen LogP contribution in [0.1, 0.15) is 20.9 Å². The standard InChI is InChI=1S/C12H13ClN2O2S/c1-8-3-6-18-12(8)11(16)10-9(13)7-14-15(10)4-5-17-2/h3,6-7H,4-5H2,1-2H3. The van der Waals surface area contributed by atoms with Gasteiger partial charge in [0.1, 0.15) is 5.69 Å². The minimum absolute atomic E-state index is 0.0823. The zero-order valence-corrected chi connectivity index (χ0v) is 11.7. The third kappa shape index (κ3) is 2.48. The highest BCUT2D eigenvalue weighted by Crippen LogP contribution is 2.24. The molecule has 0 aromatic carbocycles. The van der Waals surface area contributed by atoms with Crippen LogP contribution in [0.3, 0.4) is 0 Å². The first-order chi connectivity index (χ1) is 8.65. The number of ether oxygens (including phenoxy) is 1. The fourth-order valence-electron chi connectivity index (χ4n) is 1.65. The number of aryl methyl sites for hydroxylation is 1. The largest absolute Gasteiger partial charge is 0.383 e. The Bertz CT molecular complexity index is 562. The van der Waals surface area contributed by atoms with Gasteiger partial charge in [0.05, 0.1) is 29.2 Å². The number of hydrogen-bond acceptors (Lipinski definition) is 4. The number of rotatable bonds is 5. The van der Waals surface area contributed by atoms with E-state index in [4.69, 9.17) is 16.3 Å². The van der Waals surface area contributed by atoms with Gasteiger partial charge in [0.2, 0.25) is 5.78 Å². The molecule has 0 aliphatic heterocycles. The second-order valence-electron chi connectivity index (χ2n) is 3.82. The van der Waals surface area contributed by atoms with Gasteiger partial charge in [-0.2, -0.15) is 5.10 Å². The molecule has 0 radical (unpaired) electrons. The van der Waals surface area contributed by atoms with E-state index in [1.807, 2.05) is 18.4 Å². The molecule has 6 heteroatoms. The summed E-state index contributed by atoms with van der Waals surface area (Å²) in [6.45, 7) is 2.91. The van der Waals surface area contributed by atoms with Crippen molar-refractivity contribution in [2.45, 2.75) is 13.5 Å². The SMILES string of the molecule is COCCn1ncc(Cl)c1C(=O)c1sccc1C. The minimum Gasteiger partial charge on any atom is -0.383 e. The van der Waals surface area contributed by atoms with Gasteiger partial charge in [-0.15, -0.1) is 11.3 Å². The van der Waals surface area contributed by atoms with Crippen LogP contribution in [-0.4, -0.2) is 29.3 Å². The number of thiophene rings is 1. The molecule has 0 saturated heterocycles. The van der Waals surface area contributed by atoms with Crippen LogP contribution in [0.2, 0.25) is 5.02 Å². The smallest absolute Gasteiger partial charge is 0.222 e. The number of aromatic nitrogens is 2. The molecule has 0 unspecified atom stereocenters. The second-order valence-corrected chi connectivity index (χ2v) is 5.14. The number of hydrogen-bond donors (Lipinski definition) is 0. The van der Waals surface area contributed by atoms with Crippen LogP contribution in [0.4, 0.5) is 0 Å². The van der Waals surface area contributed by atoms with Crippen molar-refractivity contribution in [1.29, 1.82) is 0 Å². The average Bonchev–Trinajstić information content (AvgIpc) is 2.92. The van der Waals surface area contributed by atoms with Crippen molar-refractivity contribution in [2.75, 3.05) is 13.7 Å². The Labute approximate surface area is 114 Å². The molecule has 0 spiro atoms. The molecule has 0 aliphatic carbocycles. The van der Waals surface area contributed by atoms with Crippen molar-refractivity contribution in [1.82, 2.24) is 9.78 Å². The summed E-state index contributed by atoms with van der Waals surface area (Å²) in [7, 11) is 1.61. The highest BCUT2D eigenvalue weighted by atomic mass is 35.5. The van der Waals surface area contributed by atoms with Crippen molar-refractivity contribution in [2.24, 2.45) is 0 Å².